The Balaban J connectivity index is 1.93. The Kier molecular flexibility index (Phi) is 5.00. The van der Waals surface area contributed by atoms with Gasteiger partial charge >= 0.3 is 0 Å². The highest BCUT2D eigenvalue weighted by Crippen LogP contribution is 2.52. The first kappa shape index (κ1) is 19.7. The van der Waals surface area contributed by atoms with Crippen molar-refractivity contribution in [3.8, 4) is 5.75 Å². The molecule has 2 aromatic rings. The van der Waals surface area contributed by atoms with E-state index in [1.54, 1.807) is 6.92 Å². The van der Waals surface area contributed by atoms with Gasteiger partial charge in [0.1, 0.15) is 18.1 Å². The van der Waals surface area contributed by atoms with E-state index in [9.17, 15) is 13.6 Å². The maximum atomic E-state index is 13.0. The first-order valence-electron chi connectivity index (χ1n) is 9.84. The average molecular weight is 406 g/mol. The van der Waals surface area contributed by atoms with Gasteiger partial charge in [-0.1, -0.05) is 18.0 Å². The summed E-state index contributed by atoms with van der Waals surface area (Å²) >= 11 is 0. The van der Waals surface area contributed by atoms with Crippen LogP contribution in [0.3, 0.4) is 0 Å². The number of aromatic nitrogens is 3. The first-order valence-corrected chi connectivity index (χ1v) is 9.84. The number of aryl methyl sites for hydroxylation is 1. The van der Waals surface area contributed by atoms with Gasteiger partial charge in [-0.25, -0.2) is 8.78 Å². The fraction of sp³-hybridized carbons (Fsp3) is 0.600. The summed E-state index contributed by atoms with van der Waals surface area (Å²) in [5.74, 6) is 0.860. The molecule has 156 valence electrons. The van der Waals surface area contributed by atoms with E-state index in [2.05, 4.69) is 15.1 Å². The number of halogens is 2. The zero-order valence-corrected chi connectivity index (χ0v) is 16.5. The summed E-state index contributed by atoms with van der Waals surface area (Å²) in [6.07, 6.45) is 3.42. The Bertz CT molecular complexity index is 924. The quantitative estimate of drug-likeness (QED) is 0.683. The molecule has 2 aliphatic rings. The van der Waals surface area contributed by atoms with Gasteiger partial charge in [0.2, 0.25) is 5.89 Å². The molecule has 2 N–H and O–H groups in total. The normalized spacial score (nSPS) is 18.7. The number of nitrogens with two attached hydrogens (primary N) is 1. The lowest BCUT2D eigenvalue weighted by molar-refractivity contribution is 0.0800. The fourth-order valence-corrected chi connectivity index (χ4v) is 3.92. The Morgan fingerprint density at radius 2 is 2.10 bits per heavy atom. The molecule has 2 heterocycles. The highest BCUT2D eigenvalue weighted by molar-refractivity contribution is 5.94. The van der Waals surface area contributed by atoms with Crippen LogP contribution in [-0.4, -0.2) is 34.1 Å². The molecule has 1 amide bonds. The Morgan fingerprint density at radius 3 is 2.62 bits per heavy atom. The lowest BCUT2D eigenvalue weighted by Gasteiger charge is -2.31. The van der Waals surface area contributed by atoms with Gasteiger partial charge in [0.05, 0.1) is 5.41 Å². The Hall–Kier alpha value is -2.58. The lowest BCUT2D eigenvalue weighted by Crippen LogP contribution is -2.32. The number of ether oxygens (including phenoxy) is 1. The third kappa shape index (κ3) is 3.95. The van der Waals surface area contributed by atoms with Crippen molar-refractivity contribution < 1.29 is 22.8 Å². The molecular weight excluding hydrogens is 382 g/mol. The average Bonchev–Trinajstić information content (AvgIpc) is 3.59. The second-order valence-corrected chi connectivity index (χ2v) is 8.22. The van der Waals surface area contributed by atoms with Gasteiger partial charge in [-0.3, -0.25) is 9.78 Å². The summed E-state index contributed by atoms with van der Waals surface area (Å²) in [6.45, 7) is 2.78. The number of alkyl halides is 2. The van der Waals surface area contributed by atoms with Crippen LogP contribution in [-0.2, 0) is 5.41 Å². The molecule has 1 atom stereocenters. The molecule has 4 rings (SSSR count). The Labute approximate surface area is 167 Å². The largest absolute Gasteiger partial charge is 0.487 e. The summed E-state index contributed by atoms with van der Waals surface area (Å²) in [6, 6.07) is 0. The molecule has 0 bridgehead atoms. The van der Waals surface area contributed by atoms with Crippen molar-refractivity contribution in [3.05, 3.63) is 34.7 Å². The fourth-order valence-electron chi connectivity index (χ4n) is 3.92. The summed E-state index contributed by atoms with van der Waals surface area (Å²) in [7, 11) is 0. The minimum Gasteiger partial charge on any atom is -0.487 e. The maximum Gasteiger partial charge on any atom is 0.272 e. The SMILES string of the molecule is Cc1nc(C(C)(CC2CC2)c2c(C(N)=O)ncc(C3CC3)c2OCC(F)F)no1. The molecule has 0 aliphatic heterocycles. The highest BCUT2D eigenvalue weighted by Gasteiger charge is 2.45. The summed E-state index contributed by atoms with van der Waals surface area (Å²) < 4.78 is 36.9. The van der Waals surface area contributed by atoms with Crippen LogP contribution < -0.4 is 10.5 Å². The summed E-state index contributed by atoms with van der Waals surface area (Å²) in [4.78, 5) is 21.0. The van der Waals surface area contributed by atoms with E-state index in [4.69, 9.17) is 15.0 Å². The molecule has 2 aromatic heterocycles. The predicted molar refractivity (Wildman–Crippen MR) is 99.1 cm³/mol. The molecule has 29 heavy (non-hydrogen) atoms. The van der Waals surface area contributed by atoms with Crippen LogP contribution in [0.4, 0.5) is 8.78 Å². The number of pyridine rings is 1. The number of rotatable bonds is 9. The van der Waals surface area contributed by atoms with Gasteiger partial charge in [0.15, 0.2) is 5.82 Å². The third-order valence-corrected chi connectivity index (χ3v) is 5.63. The van der Waals surface area contributed by atoms with Crippen molar-refractivity contribution in [2.45, 2.75) is 63.7 Å². The van der Waals surface area contributed by atoms with E-state index < -0.39 is 24.4 Å². The first-order chi connectivity index (χ1) is 13.8. The second kappa shape index (κ2) is 7.35. The molecule has 0 spiro atoms. The molecule has 2 fully saturated rings. The number of primary amides is 1. The third-order valence-electron chi connectivity index (χ3n) is 5.63. The molecule has 0 saturated heterocycles. The van der Waals surface area contributed by atoms with E-state index in [1.807, 2.05) is 6.92 Å². The zero-order chi connectivity index (χ0) is 20.8. The molecular formula is C20H24F2N4O3. The predicted octanol–water partition coefficient (Wildman–Crippen LogP) is 3.50. The summed E-state index contributed by atoms with van der Waals surface area (Å²) in [5.41, 5.74) is 5.86. The zero-order valence-electron chi connectivity index (χ0n) is 16.5. The van der Waals surface area contributed by atoms with Crippen LogP contribution in [0.5, 0.6) is 5.75 Å². The number of nitrogens with zero attached hydrogens (tertiary/aromatic N) is 3. The van der Waals surface area contributed by atoms with Gasteiger partial charge in [0.25, 0.3) is 12.3 Å². The molecule has 1 unspecified atom stereocenters. The van der Waals surface area contributed by atoms with Gasteiger partial charge < -0.3 is 15.0 Å². The standard InChI is InChI=1S/C20H24F2N4O3/c1-10-25-19(26-29-10)20(2,7-11-3-4-11)15-16(18(23)27)24-8-13(12-5-6-12)17(15)28-9-14(21)22/h8,11-12,14H,3-7,9H2,1-2H3,(H2,23,27). The van der Waals surface area contributed by atoms with E-state index >= 15 is 0 Å². The number of hydrogen-bond acceptors (Lipinski definition) is 6. The van der Waals surface area contributed by atoms with Crippen LogP contribution in [0, 0.1) is 12.8 Å². The summed E-state index contributed by atoms with van der Waals surface area (Å²) in [5, 5.41) is 4.10. The highest BCUT2D eigenvalue weighted by atomic mass is 19.3. The van der Waals surface area contributed by atoms with Crippen molar-refractivity contribution >= 4 is 5.91 Å². The van der Waals surface area contributed by atoms with E-state index in [0.717, 1.165) is 31.2 Å². The topological polar surface area (TPSA) is 104 Å². The van der Waals surface area contributed by atoms with Gasteiger partial charge in [0, 0.05) is 24.2 Å². The van der Waals surface area contributed by atoms with E-state index in [-0.39, 0.29) is 17.4 Å². The van der Waals surface area contributed by atoms with Gasteiger partial charge in [-0.2, -0.15) is 4.98 Å². The second-order valence-electron chi connectivity index (χ2n) is 8.22. The van der Waals surface area contributed by atoms with E-state index in [1.165, 1.54) is 6.20 Å². The van der Waals surface area contributed by atoms with Gasteiger partial charge in [-0.05, 0) is 38.0 Å². The molecule has 0 radical (unpaired) electrons. The minimum absolute atomic E-state index is 0.00395. The smallest absolute Gasteiger partial charge is 0.272 e. The van der Waals surface area contributed by atoms with Crippen LogP contribution >= 0.6 is 0 Å². The van der Waals surface area contributed by atoms with Crippen LogP contribution in [0.25, 0.3) is 0 Å². The number of carbonyl (C=O) groups excluding carboxylic acids is 1. The molecule has 7 nitrogen and oxygen atoms in total. The maximum absolute atomic E-state index is 13.0. The monoisotopic (exact) mass is 406 g/mol. The van der Waals surface area contributed by atoms with Crippen molar-refractivity contribution in [3.63, 3.8) is 0 Å². The molecule has 2 saturated carbocycles. The van der Waals surface area contributed by atoms with Crippen LogP contribution in [0.15, 0.2) is 10.7 Å². The van der Waals surface area contributed by atoms with Gasteiger partial charge in [-0.15, -0.1) is 0 Å². The van der Waals surface area contributed by atoms with Crippen LogP contribution in [0.2, 0.25) is 0 Å². The Morgan fingerprint density at radius 1 is 1.38 bits per heavy atom. The van der Waals surface area contributed by atoms with Crippen molar-refractivity contribution in [2.75, 3.05) is 6.61 Å². The number of hydrogen-bond donors (Lipinski definition) is 1. The number of amides is 1. The lowest BCUT2D eigenvalue weighted by atomic mass is 9.75. The van der Waals surface area contributed by atoms with Crippen molar-refractivity contribution in [1.82, 2.24) is 15.1 Å². The van der Waals surface area contributed by atoms with Crippen molar-refractivity contribution in [1.29, 1.82) is 0 Å². The minimum atomic E-state index is -2.65. The molecule has 9 heteroatoms. The molecule has 0 aromatic carbocycles. The van der Waals surface area contributed by atoms with Crippen LogP contribution in [0.1, 0.15) is 78.3 Å². The van der Waals surface area contributed by atoms with Crippen molar-refractivity contribution in [2.24, 2.45) is 11.7 Å². The number of carbonyl (C=O) groups is 1. The molecule has 2 aliphatic carbocycles. The van der Waals surface area contributed by atoms with E-state index in [0.29, 0.717) is 29.6 Å².